The Morgan fingerprint density at radius 1 is 1.16 bits per heavy atom. The molecule has 0 N–H and O–H groups in total. The quantitative estimate of drug-likeness (QED) is 0.774. The molecule has 1 aliphatic rings. The molecule has 4 heteroatoms. The molecule has 19 heavy (non-hydrogen) atoms. The number of Topliss-reactive ketones (excluding diaryl/α,β-unsaturated/α-hetero) is 3. The fraction of sp³-hybridized carbons (Fsp3) is 0.400. The van der Waals surface area contributed by atoms with Crippen molar-refractivity contribution in [3.63, 3.8) is 0 Å². The Bertz CT molecular complexity index is 485. The number of carbonyl (C=O) groups is 3. The van der Waals surface area contributed by atoms with Crippen LogP contribution < -0.4 is 4.74 Å². The number of rotatable bonds is 4. The maximum atomic E-state index is 12.1. The molecule has 1 aromatic rings. The molecule has 0 bridgehead atoms. The van der Waals surface area contributed by atoms with E-state index in [2.05, 4.69) is 0 Å². The van der Waals surface area contributed by atoms with E-state index in [0.717, 1.165) is 5.56 Å². The Balaban J connectivity index is 2.07. The second-order valence-electron chi connectivity index (χ2n) is 4.71. The van der Waals surface area contributed by atoms with Crippen molar-refractivity contribution in [1.29, 1.82) is 0 Å². The van der Waals surface area contributed by atoms with Gasteiger partial charge in [0.1, 0.15) is 11.7 Å². The lowest BCUT2D eigenvalue weighted by Gasteiger charge is -2.18. The Morgan fingerprint density at radius 3 is 2.26 bits per heavy atom. The van der Waals surface area contributed by atoms with Crippen LogP contribution in [0.2, 0.25) is 0 Å². The molecule has 0 heterocycles. The first kappa shape index (κ1) is 13.5. The number of carbonyl (C=O) groups excluding carboxylic acids is 3. The van der Waals surface area contributed by atoms with Crippen molar-refractivity contribution in [2.45, 2.75) is 25.7 Å². The first-order valence-electron chi connectivity index (χ1n) is 6.33. The van der Waals surface area contributed by atoms with Crippen LogP contribution in [-0.2, 0) is 20.8 Å². The highest BCUT2D eigenvalue weighted by molar-refractivity contribution is 6.20. The number of methoxy groups -OCH3 is 1. The SMILES string of the molecule is COc1ccc(CC(=O)C2C(=O)CCCC2=O)cc1. The summed E-state index contributed by atoms with van der Waals surface area (Å²) in [6, 6.07) is 7.06. The van der Waals surface area contributed by atoms with E-state index < -0.39 is 5.92 Å². The van der Waals surface area contributed by atoms with Gasteiger partial charge in [-0.25, -0.2) is 0 Å². The van der Waals surface area contributed by atoms with Crippen LogP contribution >= 0.6 is 0 Å². The molecular formula is C15H16O4. The Kier molecular flexibility index (Phi) is 4.10. The maximum absolute atomic E-state index is 12.1. The van der Waals surface area contributed by atoms with Gasteiger partial charge in [-0.2, -0.15) is 0 Å². The fourth-order valence-electron chi connectivity index (χ4n) is 2.31. The van der Waals surface area contributed by atoms with E-state index >= 15 is 0 Å². The van der Waals surface area contributed by atoms with Gasteiger partial charge < -0.3 is 4.74 Å². The third-order valence-electron chi connectivity index (χ3n) is 3.35. The van der Waals surface area contributed by atoms with E-state index in [0.29, 0.717) is 25.0 Å². The Labute approximate surface area is 111 Å². The van der Waals surface area contributed by atoms with Crippen molar-refractivity contribution in [3.8, 4) is 5.75 Å². The summed E-state index contributed by atoms with van der Waals surface area (Å²) < 4.78 is 5.03. The van der Waals surface area contributed by atoms with Crippen molar-refractivity contribution in [1.82, 2.24) is 0 Å². The molecule has 1 fully saturated rings. The minimum absolute atomic E-state index is 0.117. The lowest BCUT2D eigenvalue weighted by atomic mass is 9.82. The van der Waals surface area contributed by atoms with E-state index in [1.165, 1.54) is 0 Å². The smallest absolute Gasteiger partial charge is 0.155 e. The van der Waals surface area contributed by atoms with Crippen LogP contribution in [0.25, 0.3) is 0 Å². The molecule has 100 valence electrons. The normalized spacial score (nSPS) is 16.5. The number of hydrogen-bond acceptors (Lipinski definition) is 4. The van der Waals surface area contributed by atoms with Crippen LogP contribution in [0, 0.1) is 5.92 Å². The third kappa shape index (κ3) is 3.08. The maximum Gasteiger partial charge on any atom is 0.155 e. The van der Waals surface area contributed by atoms with Crippen LogP contribution in [-0.4, -0.2) is 24.5 Å². The molecule has 0 unspecified atom stereocenters. The zero-order valence-electron chi connectivity index (χ0n) is 10.8. The molecule has 0 radical (unpaired) electrons. The minimum Gasteiger partial charge on any atom is -0.497 e. The van der Waals surface area contributed by atoms with Crippen molar-refractivity contribution in [2.24, 2.45) is 5.92 Å². The van der Waals surface area contributed by atoms with Crippen molar-refractivity contribution >= 4 is 17.3 Å². The minimum atomic E-state index is -1.03. The lowest BCUT2D eigenvalue weighted by Crippen LogP contribution is -2.36. The summed E-state index contributed by atoms with van der Waals surface area (Å²) in [5.74, 6) is -1.07. The Hall–Kier alpha value is -1.97. The molecule has 2 rings (SSSR count). The second-order valence-corrected chi connectivity index (χ2v) is 4.71. The highest BCUT2D eigenvalue weighted by Gasteiger charge is 2.35. The largest absolute Gasteiger partial charge is 0.497 e. The highest BCUT2D eigenvalue weighted by Crippen LogP contribution is 2.20. The molecule has 0 saturated heterocycles. The van der Waals surface area contributed by atoms with Crippen molar-refractivity contribution in [3.05, 3.63) is 29.8 Å². The van der Waals surface area contributed by atoms with Crippen molar-refractivity contribution in [2.75, 3.05) is 7.11 Å². The molecule has 0 atom stereocenters. The second kappa shape index (κ2) is 5.78. The molecule has 0 aromatic heterocycles. The standard InChI is InChI=1S/C15H16O4/c1-19-11-7-5-10(6-8-11)9-14(18)15-12(16)3-2-4-13(15)17/h5-8,15H,2-4,9H2,1H3. The van der Waals surface area contributed by atoms with Gasteiger partial charge in [-0.15, -0.1) is 0 Å². The van der Waals surface area contributed by atoms with Gasteiger partial charge in [0.05, 0.1) is 7.11 Å². The summed E-state index contributed by atoms with van der Waals surface area (Å²) in [4.78, 5) is 35.4. The molecule has 1 aliphatic carbocycles. The predicted molar refractivity (Wildman–Crippen MR) is 69.1 cm³/mol. The summed E-state index contributed by atoms with van der Waals surface area (Å²) in [6.07, 6.45) is 1.37. The van der Waals surface area contributed by atoms with E-state index in [4.69, 9.17) is 4.74 Å². The number of ketones is 3. The number of benzene rings is 1. The first-order valence-corrected chi connectivity index (χ1v) is 6.33. The van der Waals surface area contributed by atoms with E-state index in [-0.39, 0.29) is 23.8 Å². The van der Waals surface area contributed by atoms with Gasteiger partial charge in [0.2, 0.25) is 0 Å². The lowest BCUT2D eigenvalue weighted by molar-refractivity contribution is -0.141. The van der Waals surface area contributed by atoms with Crippen LogP contribution in [0.3, 0.4) is 0 Å². The fourth-order valence-corrected chi connectivity index (χ4v) is 2.31. The molecule has 1 saturated carbocycles. The van der Waals surface area contributed by atoms with Crippen LogP contribution in [0.1, 0.15) is 24.8 Å². The molecule has 4 nitrogen and oxygen atoms in total. The summed E-state index contributed by atoms with van der Waals surface area (Å²) >= 11 is 0. The van der Waals surface area contributed by atoms with E-state index in [1.54, 1.807) is 31.4 Å². The molecular weight excluding hydrogens is 244 g/mol. The average Bonchev–Trinajstić information content (AvgIpc) is 2.39. The molecule has 1 aromatic carbocycles. The van der Waals surface area contributed by atoms with Crippen LogP contribution in [0.4, 0.5) is 0 Å². The van der Waals surface area contributed by atoms with Gasteiger partial charge in [-0.1, -0.05) is 12.1 Å². The van der Waals surface area contributed by atoms with Crippen molar-refractivity contribution < 1.29 is 19.1 Å². The first-order chi connectivity index (χ1) is 9.11. The summed E-state index contributed by atoms with van der Waals surface area (Å²) in [7, 11) is 1.57. The van der Waals surface area contributed by atoms with Gasteiger partial charge in [-0.3, -0.25) is 14.4 Å². The van der Waals surface area contributed by atoms with Crippen LogP contribution in [0.5, 0.6) is 5.75 Å². The summed E-state index contributed by atoms with van der Waals surface area (Å²) in [5, 5.41) is 0. The van der Waals surface area contributed by atoms with Gasteiger partial charge in [0.15, 0.2) is 17.3 Å². The molecule has 0 amide bonds. The zero-order chi connectivity index (χ0) is 13.8. The number of ether oxygens (including phenoxy) is 1. The van der Waals surface area contributed by atoms with Gasteiger partial charge in [-0.05, 0) is 24.1 Å². The molecule has 0 aliphatic heterocycles. The van der Waals surface area contributed by atoms with Crippen LogP contribution in [0.15, 0.2) is 24.3 Å². The summed E-state index contributed by atoms with van der Waals surface area (Å²) in [6.45, 7) is 0. The van der Waals surface area contributed by atoms with Gasteiger partial charge >= 0.3 is 0 Å². The number of hydrogen-bond donors (Lipinski definition) is 0. The monoisotopic (exact) mass is 260 g/mol. The van der Waals surface area contributed by atoms with E-state index in [9.17, 15) is 14.4 Å². The van der Waals surface area contributed by atoms with Gasteiger partial charge in [0.25, 0.3) is 0 Å². The third-order valence-corrected chi connectivity index (χ3v) is 3.35. The predicted octanol–water partition coefficient (Wildman–Crippen LogP) is 1.75. The summed E-state index contributed by atoms with van der Waals surface area (Å²) in [5.41, 5.74) is 0.789. The Morgan fingerprint density at radius 2 is 1.74 bits per heavy atom. The highest BCUT2D eigenvalue weighted by atomic mass is 16.5. The molecule has 0 spiro atoms. The van der Waals surface area contributed by atoms with Gasteiger partial charge in [0, 0.05) is 19.3 Å². The topological polar surface area (TPSA) is 60.4 Å². The average molecular weight is 260 g/mol. The van der Waals surface area contributed by atoms with E-state index in [1.807, 2.05) is 0 Å². The zero-order valence-corrected chi connectivity index (χ0v) is 10.8.